The summed E-state index contributed by atoms with van der Waals surface area (Å²) in [6.45, 7) is 7.29. The van der Waals surface area contributed by atoms with Gasteiger partial charge in [0.1, 0.15) is 0 Å². The summed E-state index contributed by atoms with van der Waals surface area (Å²) >= 11 is 0. The zero-order chi connectivity index (χ0) is 12.1. The van der Waals surface area contributed by atoms with E-state index in [1.165, 1.54) is 6.92 Å². The van der Waals surface area contributed by atoms with E-state index in [2.05, 4.69) is 11.9 Å². The summed E-state index contributed by atoms with van der Waals surface area (Å²) in [5, 5.41) is 2.71. The van der Waals surface area contributed by atoms with Crippen LogP contribution in [0.4, 0.5) is 5.69 Å². The van der Waals surface area contributed by atoms with Crippen molar-refractivity contribution in [1.82, 2.24) is 0 Å². The molecule has 3 nitrogen and oxygen atoms in total. The maximum absolute atomic E-state index is 10.8. The van der Waals surface area contributed by atoms with Gasteiger partial charge < -0.3 is 11.1 Å². The van der Waals surface area contributed by atoms with E-state index in [1.807, 2.05) is 31.2 Å². The lowest BCUT2D eigenvalue weighted by Crippen LogP contribution is -2.11. The highest BCUT2D eigenvalue weighted by Gasteiger charge is 2.05. The zero-order valence-electron chi connectivity index (χ0n) is 9.79. The molecule has 0 aliphatic heterocycles. The number of nitrogens with one attached hydrogen (secondary N) is 1. The molecular weight excluding hydrogens is 200 g/mol. The highest BCUT2D eigenvalue weighted by atomic mass is 16.1. The average molecular weight is 218 g/mol. The Morgan fingerprint density at radius 3 is 2.38 bits per heavy atom. The minimum Gasteiger partial charge on any atom is -0.326 e. The molecule has 3 heteroatoms. The molecule has 0 bridgehead atoms. The van der Waals surface area contributed by atoms with E-state index in [0.29, 0.717) is 0 Å². The van der Waals surface area contributed by atoms with Crippen LogP contribution in [0.25, 0.3) is 0 Å². The molecule has 0 unspecified atom stereocenters. The Hall–Kier alpha value is -1.61. The fourth-order valence-corrected chi connectivity index (χ4v) is 1.51. The van der Waals surface area contributed by atoms with Crippen molar-refractivity contribution in [3.8, 4) is 0 Å². The molecular formula is C13H18N2O. The predicted molar refractivity (Wildman–Crippen MR) is 67.1 cm³/mol. The molecule has 0 aromatic heterocycles. The van der Waals surface area contributed by atoms with Gasteiger partial charge in [-0.1, -0.05) is 17.7 Å². The summed E-state index contributed by atoms with van der Waals surface area (Å²) in [7, 11) is 0. The first-order valence-corrected chi connectivity index (χ1v) is 5.26. The van der Waals surface area contributed by atoms with Gasteiger partial charge >= 0.3 is 0 Å². The highest BCUT2D eigenvalue weighted by Crippen LogP contribution is 2.19. The molecule has 0 radical (unpaired) electrons. The molecule has 3 N–H and O–H groups in total. The second kappa shape index (κ2) is 5.47. The molecule has 0 saturated carbocycles. The van der Waals surface area contributed by atoms with Gasteiger partial charge in [0.15, 0.2) is 0 Å². The van der Waals surface area contributed by atoms with E-state index in [9.17, 15) is 4.79 Å². The van der Waals surface area contributed by atoms with Crippen LogP contribution in [-0.2, 0) is 4.79 Å². The number of benzene rings is 1. The van der Waals surface area contributed by atoms with Crippen LogP contribution in [0, 0.1) is 0 Å². The Morgan fingerprint density at radius 1 is 1.38 bits per heavy atom. The van der Waals surface area contributed by atoms with E-state index >= 15 is 0 Å². The van der Waals surface area contributed by atoms with Crippen LogP contribution in [0.1, 0.15) is 31.9 Å². The lowest BCUT2D eigenvalue weighted by Gasteiger charge is -2.12. The Kier molecular flexibility index (Phi) is 4.26. The molecule has 1 aromatic rings. The largest absolute Gasteiger partial charge is 0.326 e. The maximum Gasteiger partial charge on any atom is 0.221 e. The average Bonchev–Trinajstić information content (AvgIpc) is 2.16. The Bertz CT molecular complexity index is 381. The first kappa shape index (κ1) is 12.5. The summed E-state index contributed by atoms with van der Waals surface area (Å²) in [5.41, 5.74) is 8.91. The van der Waals surface area contributed by atoms with Crippen molar-refractivity contribution in [2.24, 2.45) is 5.73 Å². The number of carbonyl (C=O) groups is 1. The van der Waals surface area contributed by atoms with Gasteiger partial charge in [-0.25, -0.2) is 0 Å². The van der Waals surface area contributed by atoms with Gasteiger partial charge in [0.2, 0.25) is 5.91 Å². The standard InChI is InChI=1S/C13H18N2O/c1-9(2)8-13(14)11-4-6-12(7-5-11)15-10(3)16/h4-7,13H,1,8,14H2,2-3H3,(H,15,16)/t13-/m1/s1. The van der Waals surface area contributed by atoms with Crippen molar-refractivity contribution >= 4 is 11.6 Å². The lowest BCUT2D eigenvalue weighted by atomic mass is 10.0. The first-order chi connectivity index (χ1) is 7.49. The third-order valence-corrected chi connectivity index (χ3v) is 2.23. The number of anilines is 1. The Labute approximate surface area is 96.3 Å². The van der Waals surface area contributed by atoms with Crippen molar-refractivity contribution in [3.63, 3.8) is 0 Å². The molecule has 0 saturated heterocycles. The molecule has 1 amide bonds. The second-order valence-corrected chi connectivity index (χ2v) is 4.07. The minimum atomic E-state index is -0.0704. The van der Waals surface area contributed by atoms with E-state index < -0.39 is 0 Å². The number of hydrogen-bond acceptors (Lipinski definition) is 2. The molecule has 0 aliphatic rings. The van der Waals surface area contributed by atoms with Gasteiger partial charge in [0.05, 0.1) is 0 Å². The van der Waals surface area contributed by atoms with Crippen LogP contribution in [0.2, 0.25) is 0 Å². The molecule has 1 atom stereocenters. The quantitative estimate of drug-likeness (QED) is 0.763. The van der Waals surface area contributed by atoms with E-state index in [-0.39, 0.29) is 11.9 Å². The van der Waals surface area contributed by atoms with Gasteiger partial charge in [-0.05, 0) is 31.0 Å². The van der Waals surface area contributed by atoms with Gasteiger partial charge in [-0.15, -0.1) is 6.58 Å². The maximum atomic E-state index is 10.8. The van der Waals surface area contributed by atoms with Crippen molar-refractivity contribution in [2.45, 2.75) is 26.3 Å². The molecule has 1 rings (SSSR count). The highest BCUT2D eigenvalue weighted by molar-refractivity contribution is 5.88. The van der Waals surface area contributed by atoms with Crippen LogP contribution in [0.3, 0.4) is 0 Å². The fourth-order valence-electron chi connectivity index (χ4n) is 1.51. The molecule has 0 fully saturated rings. The molecule has 0 aliphatic carbocycles. The molecule has 0 spiro atoms. The number of amides is 1. The van der Waals surface area contributed by atoms with Gasteiger partial charge in [0, 0.05) is 18.7 Å². The SMILES string of the molecule is C=C(C)C[C@@H](N)c1ccc(NC(C)=O)cc1. The third kappa shape index (κ3) is 3.87. The smallest absolute Gasteiger partial charge is 0.221 e. The van der Waals surface area contributed by atoms with Crippen LogP contribution >= 0.6 is 0 Å². The van der Waals surface area contributed by atoms with Crippen LogP contribution in [0.15, 0.2) is 36.4 Å². The van der Waals surface area contributed by atoms with Crippen LogP contribution in [-0.4, -0.2) is 5.91 Å². The van der Waals surface area contributed by atoms with E-state index in [4.69, 9.17) is 5.73 Å². The summed E-state index contributed by atoms with van der Waals surface area (Å²) in [6.07, 6.45) is 0.777. The van der Waals surface area contributed by atoms with E-state index in [0.717, 1.165) is 23.2 Å². The fraction of sp³-hybridized carbons (Fsp3) is 0.308. The monoisotopic (exact) mass is 218 g/mol. The zero-order valence-corrected chi connectivity index (χ0v) is 9.79. The summed E-state index contributed by atoms with van der Waals surface area (Å²) < 4.78 is 0. The third-order valence-electron chi connectivity index (χ3n) is 2.23. The van der Waals surface area contributed by atoms with Gasteiger partial charge in [-0.3, -0.25) is 4.79 Å². The topological polar surface area (TPSA) is 55.1 Å². The molecule has 0 heterocycles. The minimum absolute atomic E-state index is 0.0242. The summed E-state index contributed by atoms with van der Waals surface area (Å²) in [4.78, 5) is 10.8. The molecule has 1 aromatic carbocycles. The predicted octanol–water partition coefficient (Wildman–Crippen LogP) is 2.61. The van der Waals surface area contributed by atoms with Crippen LogP contribution in [0.5, 0.6) is 0 Å². The van der Waals surface area contributed by atoms with Crippen molar-refractivity contribution < 1.29 is 4.79 Å². The number of nitrogens with two attached hydrogens (primary N) is 1. The van der Waals surface area contributed by atoms with Gasteiger partial charge in [-0.2, -0.15) is 0 Å². The van der Waals surface area contributed by atoms with Crippen molar-refractivity contribution in [1.29, 1.82) is 0 Å². The molecule has 16 heavy (non-hydrogen) atoms. The van der Waals surface area contributed by atoms with Gasteiger partial charge in [0.25, 0.3) is 0 Å². The first-order valence-electron chi connectivity index (χ1n) is 5.26. The lowest BCUT2D eigenvalue weighted by molar-refractivity contribution is -0.114. The summed E-state index contributed by atoms with van der Waals surface area (Å²) in [5.74, 6) is -0.0704. The normalized spacial score (nSPS) is 11.9. The number of rotatable bonds is 4. The molecule has 86 valence electrons. The van der Waals surface area contributed by atoms with Crippen molar-refractivity contribution in [2.75, 3.05) is 5.32 Å². The number of hydrogen-bond donors (Lipinski definition) is 2. The Balaban J connectivity index is 2.70. The number of carbonyl (C=O) groups excluding carboxylic acids is 1. The Morgan fingerprint density at radius 2 is 1.94 bits per heavy atom. The van der Waals surface area contributed by atoms with Crippen molar-refractivity contribution in [3.05, 3.63) is 42.0 Å². The van der Waals surface area contributed by atoms with E-state index in [1.54, 1.807) is 0 Å². The van der Waals surface area contributed by atoms with Crippen LogP contribution < -0.4 is 11.1 Å². The second-order valence-electron chi connectivity index (χ2n) is 4.07. The summed E-state index contributed by atoms with van der Waals surface area (Å²) in [6, 6.07) is 7.55.